The summed E-state index contributed by atoms with van der Waals surface area (Å²) in [4.78, 5) is 0. The van der Waals surface area contributed by atoms with Crippen LogP contribution in [-0.2, 0) is 66.3 Å². The maximum absolute atomic E-state index is 11.5. The standard InChI is InChI=1S/C44H74O34/c1-10-18(52)38-66-12(4-46)31(10)72-39-25(59)19(53)32(11(65-39)2-3-45)73-40-26(60)21(55)34(14(6-48)67-40)75-42-28(62)23(57)36(16(8-50)69-42)77-44-30(64)24(58)37(17(9-51)71-44)78-43-29(63)22(56)35(15(7-49)70-43)76-41-27(61)20(54)33(74-38)13(5-47)68-41/h10-64H,2-9H2,1H3. The highest BCUT2D eigenvalue weighted by molar-refractivity contribution is 5.01. The topological polar surface area (TPSA) is 534 Å². The fraction of sp³-hybridized carbons (Fsp3) is 1.00. The summed E-state index contributed by atoms with van der Waals surface area (Å²) in [6.45, 7) is -5.21. The molecule has 21 aliphatic heterocycles. The third-order valence-corrected chi connectivity index (χ3v) is 15.4. The highest BCUT2D eigenvalue weighted by Gasteiger charge is 2.59. The van der Waals surface area contributed by atoms with Gasteiger partial charge in [-0.05, 0) is 6.42 Å². The van der Waals surface area contributed by atoms with Crippen molar-refractivity contribution >= 4 is 0 Å². The lowest BCUT2D eigenvalue weighted by molar-refractivity contribution is -0.396. The molecule has 0 aromatic carbocycles. The quantitative estimate of drug-likeness (QED) is 0.107. The van der Waals surface area contributed by atoms with E-state index in [1.807, 2.05) is 0 Å². The van der Waals surface area contributed by atoms with Crippen LogP contribution >= 0.6 is 0 Å². The molecule has 0 amide bonds. The average molecular weight is 1150 g/mol. The van der Waals surface area contributed by atoms with E-state index in [1.54, 1.807) is 0 Å². The van der Waals surface area contributed by atoms with E-state index in [4.69, 9.17) is 66.3 Å². The van der Waals surface area contributed by atoms with Gasteiger partial charge in [0.05, 0.1) is 51.8 Å². The molecule has 35 atom stereocenters. The first-order valence-corrected chi connectivity index (χ1v) is 25.4. The van der Waals surface area contributed by atoms with Gasteiger partial charge in [-0.3, -0.25) is 0 Å². The summed E-state index contributed by atoms with van der Waals surface area (Å²) in [7, 11) is 0. The third kappa shape index (κ3) is 12.3. The van der Waals surface area contributed by atoms with Gasteiger partial charge in [-0.25, -0.2) is 0 Å². The fourth-order valence-corrected chi connectivity index (χ4v) is 10.9. The van der Waals surface area contributed by atoms with Gasteiger partial charge in [0.25, 0.3) is 0 Å². The minimum atomic E-state index is -2.19. The van der Waals surface area contributed by atoms with E-state index >= 15 is 0 Å². The van der Waals surface area contributed by atoms with E-state index in [-0.39, 0.29) is 6.42 Å². The first kappa shape index (κ1) is 62.7. The minimum absolute atomic E-state index is 0.359. The van der Waals surface area contributed by atoms with Gasteiger partial charge in [0.2, 0.25) is 0 Å². The summed E-state index contributed by atoms with van der Waals surface area (Å²) in [5, 5.41) is 220. The van der Waals surface area contributed by atoms with Gasteiger partial charge >= 0.3 is 0 Å². The van der Waals surface area contributed by atoms with Crippen molar-refractivity contribution in [3.05, 3.63) is 0 Å². The predicted molar refractivity (Wildman–Crippen MR) is 236 cm³/mol. The van der Waals surface area contributed by atoms with Crippen LogP contribution in [-0.4, -0.2) is 357 Å². The molecule has 20 N–H and O–H groups in total. The molecule has 34 nitrogen and oxygen atoms in total. The van der Waals surface area contributed by atoms with Crippen molar-refractivity contribution in [1.29, 1.82) is 0 Å². The number of hydrogen-bond donors (Lipinski definition) is 20. The molecule has 0 aromatic rings. The average Bonchev–Trinajstić information content (AvgIpc) is 3.45. The van der Waals surface area contributed by atoms with E-state index in [2.05, 4.69) is 0 Å². The third-order valence-electron chi connectivity index (χ3n) is 15.4. The lowest BCUT2D eigenvalue weighted by Gasteiger charge is -2.50. The van der Waals surface area contributed by atoms with Crippen LogP contribution in [0.5, 0.6) is 0 Å². The van der Waals surface area contributed by atoms with Gasteiger partial charge in [-0.2, -0.15) is 0 Å². The largest absolute Gasteiger partial charge is 0.396 e. The number of hydrogen-bond acceptors (Lipinski definition) is 34. The van der Waals surface area contributed by atoms with Crippen molar-refractivity contribution in [2.24, 2.45) is 5.92 Å². The summed E-state index contributed by atoms with van der Waals surface area (Å²) < 4.78 is 81.0. The van der Waals surface area contributed by atoms with E-state index in [1.165, 1.54) is 6.92 Å². The second-order valence-corrected chi connectivity index (χ2v) is 20.3. The molecule has 21 fully saturated rings. The highest BCUT2D eigenvalue weighted by atomic mass is 16.8. The van der Waals surface area contributed by atoms with Gasteiger partial charge in [0.15, 0.2) is 44.0 Å². The first-order valence-electron chi connectivity index (χ1n) is 25.4. The summed E-state index contributed by atoms with van der Waals surface area (Å²) in [6.07, 6.45) is -65.1. The highest BCUT2D eigenvalue weighted by Crippen LogP contribution is 2.40. The second-order valence-electron chi connectivity index (χ2n) is 20.3. The summed E-state index contributed by atoms with van der Waals surface area (Å²) >= 11 is 0. The molecule has 0 aliphatic carbocycles. The zero-order valence-corrected chi connectivity index (χ0v) is 41.5. The Labute approximate surface area is 442 Å². The zero-order chi connectivity index (χ0) is 56.8. The maximum atomic E-state index is 11.5. The monoisotopic (exact) mass is 1150 g/mol. The van der Waals surface area contributed by atoms with Gasteiger partial charge in [-0.15, -0.1) is 0 Å². The van der Waals surface area contributed by atoms with E-state index in [9.17, 15) is 102 Å². The number of aliphatic hydroxyl groups excluding tert-OH is 20. The Morgan fingerprint density at radius 1 is 0.218 bits per heavy atom. The molecule has 0 aromatic heterocycles. The minimum Gasteiger partial charge on any atom is -0.396 e. The van der Waals surface area contributed by atoms with Gasteiger partial charge in [-0.1, -0.05) is 6.92 Å². The molecule has 0 spiro atoms. The molecule has 14 bridgehead atoms. The molecule has 0 saturated carbocycles. The maximum Gasteiger partial charge on any atom is 0.187 e. The van der Waals surface area contributed by atoms with Gasteiger partial charge < -0.3 is 168 Å². The van der Waals surface area contributed by atoms with Crippen LogP contribution in [0.25, 0.3) is 0 Å². The molecule has 21 saturated heterocycles. The summed E-state index contributed by atoms with van der Waals surface area (Å²) in [5.74, 6) is -1.15. The van der Waals surface area contributed by atoms with Gasteiger partial charge in [0, 0.05) is 12.5 Å². The van der Waals surface area contributed by atoms with Crippen LogP contribution in [0.4, 0.5) is 0 Å². The Bertz CT molecular complexity index is 1830. The van der Waals surface area contributed by atoms with Crippen LogP contribution in [0.1, 0.15) is 13.3 Å². The number of ether oxygens (including phenoxy) is 14. The lowest BCUT2D eigenvalue weighted by Crippen LogP contribution is -2.68. The van der Waals surface area contributed by atoms with Crippen LogP contribution in [0.3, 0.4) is 0 Å². The molecule has 78 heavy (non-hydrogen) atoms. The second kappa shape index (κ2) is 26.7. The van der Waals surface area contributed by atoms with Crippen molar-refractivity contribution in [3.8, 4) is 0 Å². The Balaban J connectivity index is 1.08. The summed E-state index contributed by atoms with van der Waals surface area (Å²) in [6, 6.07) is 0. The molecular weight excluding hydrogens is 1070 g/mol. The fourth-order valence-electron chi connectivity index (χ4n) is 10.9. The molecule has 21 heterocycles. The van der Waals surface area contributed by atoms with Crippen molar-refractivity contribution in [2.75, 3.05) is 46.2 Å². The predicted octanol–water partition coefficient (Wildman–Crippen LogP) is -13.6. The van der Waals surface area contributed by atoms with E-state index < -0.39 is 261 Å². The Morgan fingerprint density at radius 2 is 0.397 bits per heavy atom. The van der Waals surface area contributed by atoms with Crippen LogP contribution in [0.2, 0.25) is 0 Å². The molecule has 35 unspecified atom stereocenters. The van der Waals surface area contributed by atoms with Crippen LogP contribution in [0, 0.1) is 5.92 Å². The molecule has 454 valence electrons. The first-order chi connectivity index (χ1) is 37.2. The molecule has 21 aliphatic rings. The smallest absolute Gasteiger partial charge is 0.187 e. The molecule has 0 radical (unpaired) electrons. The van der Waals surface area contributed by atoms with Crippen molar-refractivity contribution in [1.82, 2.24) is 0 Å². The van der Waals surface area contributed by atoms with Crippen molar-refractivity contribution in [2.45, 2.75) is 222 Å². The summed E-state index contributed by atoms with van der Waals surface area (Å²) in [5.41, 5.74) is 0. The molecule has 21 rings (SSSR count). The van der Waals surface area contributed by atoms with Crippen molar-refractivity contribution < 1.29 is 168 Å². The number of rotatable bonds is 8. The Morgan fingerprint density at radius 3 is 0.615 bits per heavy atom. The lowest BCUT2D eigenvalue weighted by atomic mass is 9.89. The molecular formula is C44H74O34. The Kier molecular flexibility index (Phi) is 21.5. The van der Waals surface area contributed by atoms with Crippen molar-refractivity contribution in [3.63, 3.8) is 0 Å². The zero-order valence-electron chi connectivity index (χ0n) is 41.5. The van der Waals surface area contributed by atoms with Crippen LogP contribution in [0.15, 0.2) is 0 Å². The van der Waals surface area contributed by atoms with E-state index in [0.29, 0.717) is 0 Å². The van der Waals surface area contributed by atoms with E-state index in [0.717, 1.165) is 0 Å². The van der Waals surface area contributed by atoms with Gasteiger partial charge in [0.1, 0.15) is 153 Å². The SMILES string of the molecule is CC1C(O)C2OC(CO)C1OC1OC(CCO)C(OC3OC(CO)C(OC4OC(CO)C(OC5OC(CO)C(OC6OC(CO)C(OC7OC(CO)C(O2)C(O)C7O)C(O)C6O)C(O)C5O)C(O)C4O)C(O)C3O)C(O)C1O. The molecule has 34 heteroatoms. The number of aliphatic hydroxyl groups is 20. The Hall–Kier alpha value is -1.36. The normalized spacial score (nSPS) is 54.8. The van der Waals surface area contributed by atoms with Crippen LogP contribution < -0.4 is 0 Å².